The van der Waals surface area contributed by atoms with Gasteiger partial charge in [-0.15, -0.1) is 8.78 Å². The van der Waals surface area contributed by atoms with Crippen LogP contribution in [0.4, 0.5) is 20.2 Å². The summed E-state index contributed by atoms with van der Waals surface area (Å²) >= 11 is 4.77. The van der Waals surface area contributed by atoms with E-state index in [0.29, 0.717) is 49.4 Å². The molecule has 182 valence electrons. The number of nitrogens with one attached hydrogen (secondary N) is 1. The minimum Gasteiger partial charge on any atom is -0.420 e. The number of hydrogen-bond acceptors (Lipinski definition) is 6. The SMILES string of the molecule is CC1(C)COB(c2cc(C(=O)Nc3ccc(OC(F)(F)Cl)cc3)ccc2N2CC[C@@H](O)C2)OC1. The lowest BCUT2D eigenvalue weighted by molar-refractivity contribution is -0.0964. The molecule has 0 radical (unpaired) electrons. The zero-order chi connectivity index (χ0) is 24.5. The van der Waals surface area contributed by atoms with Gasteiger partial charge in [-0.1, -0.05) is 13.8 Å². The van der Waals surface area contributed by atoms with Crippen molar-refractivity contribution in [3.63, 3.8) is 0 Å². The zero-order valence-corrected chi connectivity index (χ0v) is 19.6. The third kappa shape index (κ3) is 6.18. The number of ether oxygens (including phenoxy) is 1. The molecule has 0 aliphatic carbocycles. The second-order valence-corrected chi connectivity index (χ2v) is 9.75. The normalized spacial score (nSPS) is 20.4. The third-order valence-electron chi connectivity index (χ3n) is 5.64. The highest BCUT2D eigenvalue weighted by atomic mass is 35.5. The molecule has 0 saturated carbocycles. The second-order valence-electron chi connectivity index (χ2n) is 9.31. The summed E-state index contributed by atoms with van der Waals surface area (Å²) in [5.41, 5.74) is -1.59. The van der Waals surface area contributed by atoms with E-state index in [2.05, 4.69) is 28.8 Å². The average Bonchev–Trinajstić information content (AvgIpc) is 3.20. The first-order chi connectivity index (χ1) is 16.0. The van der Waals surface area contributed by atoms with E-state index in [-0.39, 0.29) is 17.1 Å². The Labute approximate surface area is 202 Å². The third-order valence-corrected chi connectivity index (χ3v) is 5.72. The van der Waals surface area contributed by atoms with E-state index in [1.165, 1.54) is 24.3 Å². The van der Waals surface area contributed by atoms with Crippen LogP contribution in [0.15, 0.2) is 42.5 Å². The van der Waals surface area contributed by atoms with Gasteiger partial charge in [-0.05, 0) is 48.9 Å². The van der Waals surface area contributed by atoms with Gasteiger partial charge in [0, 0.05) is 65.7 Å². The van der Waals surface area contributed by atoms with Gasteiger partial charge >= 0.3 is 12.7 Å². The number of anilines is 2. The molecule has 0 bridgehead atoms. The van der Waals surface area contributed by atoms with Crippen LogP contribution in [-0.2, 0) is 9.31 Å². The van der Waals surface area contributed by atoms with Crippen molar-refractivity contribution in [3.8, 4) is 5.75 Å². The Bertz CT molecular complexity index is 1030. The number of carbonyl (C=O) groups excluding carboxylic acids is 1. The summed E-state index contributed by atoms with van der Waals surface area (Å²) in [6.07, 6.45) is 0.254. The van der Waals surface area contributed by atoms with Crippen molar-refractivity contribution in [2.24, 2.45) is 5.41 Å². The maximum absolute atomic E-state index is 12.9. The number of aliphatic hydroxyl groups excluding tert-OH is 1. The first-order valence-corrected chi connectivity index (χ1v) is 11.3. The minimum atomic E-state index is -3.81. The molecule has 2 N–H and O–H groups in total. The topological polar surface area (TPSA) is 80.3 Å². The number of carbonyl (C=O) groups is 1. The number of aliphatic hydroxyl groups is 1. The summed E-state index contributed by atoms with van der Waals surface area (Å²) in [4.78, 5) is 15.0. The lowest BCUT2D eigenvalue weighted by Gasteiger charge is -2.34. The van der Waals surface area contributed by atoms with Crippen LogP contribution in [-0.4, -0.2) is 56.1 Å². The van der Waals surface area contributed by atoms with Crippen LogP contribution in [0.2, 0.25) is 0 Å². The molecule has 0 spiro atoms. The highest BCUT2D eigenvalue weighted by molar-refractivity contribution is 6.63. The van der Waals surface area contributed by atoms with E-state index < -0.39 is 18.8 Å². The molecule has 2 heterocycles. The van der Waals surface area contributed by atoms with Gasteiger partial charge in [-0.3, -0.25) is 4.79 Å². The molecule has 2 aliphatic heterocycles. The summed E-state index contributed by atoms with van der Waals surface area (Å²) < 4.78 is 41.8. The highest BCUT2D eigenvalue weighted by Gasteiger charge is 2.37. The van der Waals surface area contributed by atoms with Crippen molar-refractivity contribution in [1.29, 1.82) is 0 Å². The van der Waals surface area contributed by atoms with E-state index in [1.807, 2.05) is 6.07 Å². The van der Waals surface area contributed by atoms with Gasteiger partial charge in [0.1, 0.15) is 5.75 Å². The largest absolute Gasteiger partial charge is 0.496 e. The Hall–Kier alpha value is -2.40. The molecule has 1 atom stereocenters. The van der Waals surface area contributed by atoms with E-state index >= 15 is 0 Å². The molecule has 2 aliphatic rings. The van der Waals surface area contributed by atoms with Crippen molar-refractivity contribution in [3.05, 3.63) is 48.0 Å². The molecule has 2 saturated heterocycles. The summed E-state index contributed by atoms with van der Waals surface area (Å²) in [5, 5.41) is 12.7. The smallest absolute Gasteiger partial charge is 0.420 e. The molecule has 1 amide bonds. The van der Waals surface area contributed by atoms with Crippen LogP contribution in [0.5, 0.6) is 5.75 Å². The Morgan fingerprint density at radius 3 is 2.50 bits per heavy atom. The van der Waals surface area contributed by atoms with Crippen LogP contribution in [0.1, 0.15) is 30.6 Å². The van der Waals surface area contributed by atoms with Crippen molar-refractivity contribution >= 4 is 41.5 Å². The molecule has 0 unspecified atom stereocenters. The quantitative estimate of drug-likeness (QED) is 0.473. The van der Waals surface area contributed by atoms with E-state index in [1.54, 1.807) is 12.1 Å². The maximum Gasteiger partial charge on any atom is 0.496 e. The molecule has 7 nitrogen and oxygen atoms in total. The Morgan fingerprint density at radius 1 is 1.24 bits per heavy atom. The summed E-state index contributed by atoms with van der Waals surface area (Å²) in [7, 11) is -0.637. The van der Waals surface area contributed by atoms with Gasteiger partial charge in [0.15, 0.2) is 0 Å². The van der Waals surface area contributed by atoms with Gasteiger partial charge in [0.2, 0.25) is 0 Å². The van der Waals surface area contributed by atoms with Crippen LogP contribution < -0.4 is 20.4 Å². The first-order valence-electron chi connectivity index (χ1n) is 11.0. The summed E-state index contributed by atoms with van der Waals surface area (Å²) in [6, 6.07) is 10.7. The molecule has 0 aromatic heterocycles. The lowest BCUT2D eigenvalue weighted by atomic mass is 9.74. The van der Waals surface area contributed by atoms with E-state index in [9.17, 15) is 18.7 Å². The predicted octanol–water partition coefficient (Wildman–Crippen LogP) is 3.45. The molecule has 2 aromatic carbocycles. The van der Waals surface area contributed by atoms with Crippen molar-refractivity contribution < 1.29 is 32.7 Å². The molecule has 34 heavy (non-hydrogen) atoms. The average molecular weight is 495 g/mol. The van der Waals surface area contributed by atoms with Crippen LogP contribution in [0.25, 0.3) is 0 Å². The van der Waals surface area contributed by atoms with Gasteiger partial charge in [-0.25, -0.2) is 0 Å². The van der Waals surface area contributed by atoms with Gasteiger partial charge < -0.3 is 29.4 Å². The van der Waals surface area contributed by atoms with Gasteiger partial charge in [-0.2, -0.15) is 0 Å². The van der Waals surface area contributed by atoms with Crippen LogP contribution >= 0.6 is 11.6 Å². The summed E-state index contributed by atoms with van der Waals surface area (Å²) in [6.45, 7) is 6.29. The zero-order valence-electron chi connectivity index (χ0n) is 18.9. The van der Waals surface area contributed by atoms with Crippen molar-refractivity contribution in [1.82, 2.24) is 0 Å². The van der Waals surface area contributed by atoms with E-state index in [4.69, 9.17) is 20.9 Å². The van der Waals surface area contributed by atoms with E-state index in [0.717, 1.165) is 5.69 Å². The number of amides is 1. The molecule has 2 fully saturated rings. The molecular weight excluding hydrogens is 469 g/mol. The maximum atomic E-state index is 12.9. The molecule has 4 rings (SSSR count). The molecule has 11 heteroatoms. The minimum absolute atomic E-state index is 0.112. The number of nitrogens with zero attached hydrogens (tertiary/aromatic N) is 1. The first kappa shape index (κ1) is 24.7. The number of rotatable bonds is 6. The second kappa shape index (κ2) is 9.69. The lowest BCUT2D eigenvalue weighted by Crippen LogP contribution is -2.49. The Balaban J connectivity index is 1.54. The fourth-order valence-electron chi connectivity index (χ4n) is 3.95. The number of alkyl halides is 3. The highest BCUT2D eigenvalue weighted by Crippen LogP contribution is 2.27. The number of hydrogen-bond donors (Lipinski definition) is 2. The van der Waals surface area contributed by atoms with Crippen molar-refractivity contribution in [2.45, 2.75) is 31.9 Å². The Kier molecular flexibility index (Phi) is 7.05. The number of benzene rings is 2. The van der Waals surface area contributed by atoms with Crippen molar-refractivity contribution in [2.75, 3.05) is 36.5 Å². The fraction of sp³-hybridized carbons (Fsp3) is 0.435. The fourth-order valence-corrected chi connectivity index (χ4v) is 4.04. The number of halogens is 3. The predicted molar refractivity (Wildman–Crippen MR) is 126 cm³/mol. The van der Waals surface area contributed by atoms with Gasteiger partial charge in [0.05, 0.1) is 6.10 Å². The monoisotopic (exact) mass is 494 g/mol. The van der Waals surface area contributed by atoms with Crippen LogP contribution in [0.3, 0.4) is 0 Å². The van der Waals surface area contributed by atoms with Crippen LogP contribution in [0, 0.1) is 5.41 Å². The molecular formula is C23H26BClF2N2O5. The summed E-state index contributed by atoms with van der Waals surface area (Å²) in [5.74, 6) is -0.520. The Morgan fingerprint density at radius 2 is 1.91 bits per heavy atom. The standard InChI is InChI=1S/C23H26BClF2N2O5/c1-22(2)13-32-24(33-14-22)19-11-15(3-8-20(19)29-10-9-17(30)12-29)21(31)28-16-4-6-18(7-5-16)34-23(25,26)27/h3-8,11,17,30H,9-10,12-14H2,1-2H3,(H,28,31)/t17-/m1/s1. The number of β-amino-alcohol motifs (C(OH)–C–C–N with tert-alkyl or cyclic N) is 1. The van der Waals surface area contributed by atoms with Gasteiger partial charge in [0.25, 0.3) is 5.91 Å². The molecule has 2 aromatic rings.